The SMILES string of the molecule is COc1cccc(OC)c1P(Cc1cc(C)c(C)cc1CP(c1c(OC)cccc1OC)c1c(OC)cccc1OC)c1c(OC)cccc1OC. The number of hydrogen-bond acceptors (Lipinski definition) is 8. The van der Waals surface area contributed by atoms with Crippen LogP contribution in [0.4, 0.5) is 0 Å². The van der Waals surface area contributed by atoms with Crippen LogP contribution in [0.1, 0.15) is 22.3 Å². The molecule has 0 spiro atoms. The van der Waals surface area contributed by atoms with Gasteiger partial charge in [0, 0.05) is 12.3 Å². The van der Waals surface area contributed by atoms with E-state index in [1.54, 1.807) is 56.9 Å². The van der Waals surface area contributed by atoms with Crippen LogP contribution in [0, 0.1) is 13.8 Å². The van der Waals surface area contributed by atoms with Crippen molar-refractivity contribution >= 4 is 37.1 Å². The van der Waals surface area contributed by atoms with Crippen LogP contribution >= 0.6 is 15.8 Å². The molecule has 5 rings (SSSR count). The Morgan fingerprint density at radius 1 is 0.346 bits per heavy atom. The Kier molecular flexibility index (Phi) is 13.2. The van der Waals surface area contributed by atoms with E-state index in [2.05, 4.69) is 26.0 Å². The van der Waals surface area contributed by atoms with E-state index in [-0.39, 0.29) is 0 Å². The van der Waals surface area contributed by atoms with Gasteiger partial charge in [-0.15, -0.1) is 0 Å². The fourth-order valence-corrected chi connectivity index (χ4v) is 12.3. The van der Waals surface area contributed by atoms with Crippen molar-refractivity contribution < 1.29 is 37.9 Å². The molecule has 0 amide bonds. The molecule has 5 aromatic carbocycles. The molecule has 0 aliphatic rings. The molecule has 8 nitrogen and oxygen atoms in total. The van der Waals surface area contributed by atoms with E-state index in [1.165, 1.54) is 22.3 Å². The normalized spacial score (nSPS) is 11.0. The standard InChI is InChI=1S/C42H48O8P2/c1-27-23-29(25-51(39-31(43-3)15-11-16-32(39)44-4)40-33(45-5)17-12-18-34(40)46-6)30(24-28(27)2)26-52(41-35(47-7)19-13-20-36(41)48-8)42-37(49-9)21-14-22-38(42)50-10/h11-24H,25-26H2,1-10H3. The highest BCUT2D eigenvalue weighted by Gasteiger charge is 2.32. The van der Waals surface area contributed by atoms with E-state index in [0.29, 0.717) is 12.3 Å². The van der Waals surface area contributed by atoms with Crippen molar-refractivity contribution in [3.8, 4) is 46.0 Å². The van der Waals surface area contributed by atoms with Gasteiger partial charge in [-0.2, -0.15) is 0 Å². The van der Waals surface area contributed by atoms with Crippen molar-refractivity contribution in [3.05, 3.63) is 107 Å². The molecule has 0 aliphatic carbocycles. The molecule has 5 aromatic rings. The average molecular weight is 743 g/mol. The van der Waals surface area contributed by atoms with Crippen molar-refractivity contribution in [2.24, 2.45) is 0 Å². The van der Waals surface area contributed by atoms with Crippen LogP contribution < -0.4 is 59.1 Å². The van der Waals surface area contributed by atoms with E-state index in [1.807, 2.05) is 72.8 Å². The lowest BCUT2D eigenvalue weighted by Crippen LogP contribution is -2.22. The third kappa shape index (κ3) is 7.74. The highest BCUT2D eigenvalue weighted by molar-refractivity contribution is 7.73. The summed E-state index contributed by atoms with van der Waals surface area (Å²) in [5, 5.41) is 3.87. The molecule has 0 heterocycles. The zero-order valence-electron chi connectivity index (χ0n) is 31.7. The third-order valence-corrected chi connectivity index (χ3v) is 14.4. The van der Waals surface area contributed by atoms with E-state index in [9.17, 15) is 0 Å². The van der Waals surface area contributed by atoms with Crippen LogP contribution in [0.2, 0.25) is 0 Å². The molecule has 0 fully saturated rings. The largest absolute Gasteiger partial charge is 0.496 e. The summed E-state index contributed by atoms with van der Waals surface area (Å²) in [6.45, 7) is 4.32. The molecule has 0 saturated heterocycles. The smallest absolute Gasteiger partial charge is 0.130 e. The number of hydrogen-bond donors (Lipinski definition) is 0. The van der Waals surface area contributed by atoms with Crippen molar-refractivity contribution in [1.29, 1.82) is 0 Å². The Morgan fingerprint density at radius 3 is 0.712 bits per heavy atom. The lowest BCUT2D eigenvalue weighted by atomic mass is 10.0. The molecule has 0 aliphatic heterocycles. The Morgan fingerprint density at radius 2 is 0.538 bits per heavy atom. The Balaban J connectivity index is 1.81. The van der Waals surface area contributed by atoms with Crippen LogP contribution in [0.5, 0.6) is 46.0 Å². The van der Waals surface area contributed by atoms with Crippen LogP contribution in [0.25, 0.3) is 0 Å². The molecule has 52 heavy (non-hydrogen) atoms. The first-order valence-electron chi connectivity index (χ1n) is 16.8. The predicted octanol–water partition coefficient (Wildman–Crippen LogP) is 7.64. The minimum atomic E-state index is -1.23. The third-order valence-electron chi connectivity index (χ3n) is 9.16. The molecular weight excluding hydrogens is 694 g/mol. The summed E-state index contributed by atoms with van der Waals surface area (Å²) in [5.74, 6) is 5.92. The first-order valence-corrected chi connectivity index (χ1v) is 19.8. The number of ether oxygens (including phenoxy) is 8. The second kappa shape index (κ2) is 17.7. The Hall–Kier alpha value is -4.64. The second-order valence-electron chi connectivity index (χ2n) is 11.9. The molecule has 0 unspecified atom stereocenters. The lowest BCUT2D eigenvalue weighted by Gasteiger charge is -2.29. The molecule has 0 bridgehead atoms. The molecule has 0 saturated carbocycles. The van der Waals surface area contributed by atoms with Gasteiger partial charge < -0.3 is 37.9 Å². The highest BCUT2D eigenvalue weighted by atomic mass is 31.1. The summed E-state index contributed by atoms with van der Waals surface area (Å²) in [6.07, 6.45) is 1.29. The fraction of sp³-hybridized carbons (Fsp3) is 0.286. The van der Waals surface area contributed by atoms with Gasteiger partial charge in [-0.25, -0.2) is 0 Å². The van der Waals surface area contributed by atoms with E-state index in [4.69, 9.17) is 37.9 Å². The lowest BCUT2D eigenvalue weighted by molar-refractivity contribution is 0.399. The van der Waals surface area contributed by atoms with Crippen molar-refractivity contribution in [3.63, 3.8) is 0 Å². The summed E-state index contributed by atoms with van der Waals surface area (Å²) < 4.78 is 48.3. The molecule has 10 heteroatoms. The van der Waals surface area contributed by atoms with Crippen LogP contribution in [-0.2, 0) is 12.3 Å². The summed E-state index contributed by atoms with van der Waals surface area (Å²) in [5.41, 5.74) is 4.76. The quantitative estimate of drug-likeness (QED) is 0.0957. The summed E-state index contributed by atoms with van der Waals surface area (Å²) in [4.78, 5) is 0. The molecule has 0 N–H and O–H groups in total. The van der Waals surface area contributed by atoms with Crippen LogP contribution in [-0.4, -0.2) is 56.9 Å². The molecule has 0 aromatic heterocycles. The molecule has 0 radical (unpaired) electrons. The van der Waals surface area contributed by atoms with Gasteiger partial charge in [0.25, 0.3) is 0 Å². The maximum Gasteiger partial charge on any atom is 0.130 e. The molecule has 0 atom stereocenters. The fourth-order valence-electron chi connectivity index (χ4n) is 6.50. The predicted molar refractivity (Wildman–Crippen MR) is 214 cm³/mol. The van der Waals surface area contributed by atoms with Gasteiger partial charge in [0.15, 0.2) is 0 Å². The van der Waals surface area contributed by atoms with Crippen LogP contribution in [0.15, 0.2) is 84.9 Å². The van der Waals surface area contributed by atoms with E-state index in [0.717, 1.165) is 67.2 Å². The van der Waals surface area contributed by atoms with E-state index >= 15 is 0 Å². The van der Waals surface area contributed by atoms with E-state index < -0.39 is 15.8 Å². The minimum Gasteiger partial charge on any atom is -0.496 e. The van der Waals surface area contributed by atoms with Crippen molar-refractivity contribution in [2.75, 3.05) is 56.9 Å². The number of methoxy groups -OCH3 is 8. The number of benzene rings is 5. The summed E-state index contributed by atoms with van der Waals surface area (Å²) >= 11 is 0. The van der Waals surface area contributed by atoms with Crippen molar-refractivity contribution in [1.82, 2.24) is 0 Å². The average Bonchev–Trinajstić information content (AvgIpc) is 3.19. The van der Waals surface area contributed by atoms with Crippen molar-refractivity contribution in [2.45, 2.75) is 26.2 Å². The maximum atomic E-state index is 6.03. The maximum absolute atomic E-state index is 6.03. The molecule has 274 valence electrons. The zero-order valence-corrected chi connectivity index (χ0v) is 33.4. The molecular formula is C42H48O8P2. The summed E-state index contributed by atoms with van der Waals surface area (Å²) in [6, 6.07) is 28.3. The van der Waals surface area contributed by atoms with Gasteiger partial charge in [0.05, 0.1) is 78.1 Å². The zero-order chi connectivity index (χ0) is 37.4. The summed E-state index contributed by atoms with van der Waals surface area (Å²) in [7, 11) is 11.1. The van der Waals surface area contributed by atoms with Gasteiger partial charge in [0.2, 0.25) is 0 Å². The van der Waals surface area contributed by atoms with Crippen LogP contribution in [0.3, 0.4) is 0 Å². The first-order chi connectivity index (χ1) is 25.3. The number of aryl methyl sites for hydroxylation is 2. The number of rotatable bonds is 16. The Labute approximate surface area is 310 Å². The monoisotopic (exact) mass is 742 g/mol. The van der Waals surface area contributed by atoms with Gasteiger partial charge in [-0.3, -0.25) is 0 Å². The van der Waals surface area contributed by atoms with Gasteiger partial charge in [-0.1, -0.05) is 36.4 Å². The first kappa shape index (κ1) is 38.6. The van der Waals surface area contributed by atoms with Gasteiger partial charge in [-0.05, 0) is 100 Å². The minimum absolute atomic E-state index is 0.647. The second-order valence-corrected chi connectivity index (χ2v) is 16.1. The topological polar surface area (TPSA) is 73.8 Å². The van der Waals surface area contributed by atoms with Gasteiger partial charge in [0.1, 0.15) is 46.0 Å². The highest BCUT2D eigenvalue weighted by Crippen LogP contribution is 2.52. The Bertz CT molecular complexity index is 1650. The van der Waals surface area contributed by atoms with Gasteiger partial charge >= 0.3 is 0 Å².